The molecule has 3 aromatic rings. The van der Waals surface area contributed by atoms with Gasteiger partial charge in [0.15, 0.2) is 0 Å². The Hall–Kier alpha value is -2.59. The van der Waals surface area contributed by atoms with E-state index in [2.05, 4.69) is 6.92 Å². The van der Waals surface area contributed by atoms with Gasteiger partial charge in [0.05, 0.1) is 22.9 Å². The summed E-state index contributed by atoms with van der Waals surface area (Å²) in [4.78, 5) is 1.47. The molecule has 4 heteroatoms. The molecular weight excluding hydrogens is 342 g/mol. The molecule has 26 heavy (non-hydrogen) atoms. The van der Waals surface area contributed by atoms with Crippen LogP contribution in [0.25, 0.3) is 0 Å². The molecule has 0 aliphatic rings. The lowest BCUT2D eigenvalue weighted by Gasteiger charge is -2.17. The summed E-state index contributed by atoms with van der Waals surface area (Å²) in [6.45, 7) is 2.06. The van der Waals surface area contributed by atoms with Gasteiger partial charge in [-0.25, -0.2) is 8.57 Å². The van der Waals surface area contributed by atoms with Gasteiger partial charge in [-0.15, -0.1) is 0 Å². The molecule has 0 heterocycles. The van der Waals surface area contributed by atoms with Gasteiger partial charge < -0.3 is 4.74 Å². The van der Waals surface area contributed by atoms with Crippen LogP contribution in [0.3, 0.4) is 0 Å². The summed E-state index contributed by atoms with van der Waals surface area (Å²) in [5.74, 6) is 0.801. The number of ether oxygens (including phenoxy) is 1. The zero-order chi connectivity index (χ0) is 18.4. The second kappa shape index (κ2) is 8.19. The van der Waals surface area contributed by atoms with E-state index in [4.69, 9.17) is 9.10 Å². The molecule has 1 atom stereocenters. The van der Waals surface area contributed by atoms with Crippen LogP contribution in [0.15, 0.2) is 99.1 Å². The molecule has 3 aromatic carbocycles. The topological polar surface area (TPSA) is 38.7 Å². The maximum atomic E-state index is 14.1. The summed E-state index contributed by atoms with van der Waals surface area (Å²) in [5.41, 5.74) is 1.04. The van der Waals surface area contributed by atoms with Gasteiger partial charge in [0.25, 0.3) is 0 Å². The van der Waals surface area contributed by atoms with Crippen LogP contribution in [0.2, 0.25) is 0 Å². The molecular formula is C22H23NO2S. The van der Waals surface area contributed by atoms with Crippen molar-refractivity contribution in [2.24, 2.45) is 4.36 Å². The van der Waals surface area contributed by atoms with Gasteiger partial charge in [-0.1, -0.05) is 55.5 Å². The maximum Gasteiger partial charge on any atom is 0.118 e. The van der Waals surface area contributed by atoms with Gasteiger partial charge in [0, 0.05) is 0 Å². The average molecular weight is 365 g/mol. The molecule has 3 nitrogen and oxygen atoms in total. The Morgan fingerprint density at radius 3 is 1.77 bits per heavy atom. The van der Waals surface area contributed by atoms with Crippen molar-refractivity contribution in [1.82, 2.24) is 0 Å². The Morgan fingerprint density at radius 1 is 0.846 bits per heavy atom. The Bertz CT molecular complexity index is 899. The molecule has 0 N–H and O–H groups in total. The number of hydrogen-bond acceptors (Lipinski definition) is 3. The molecule has 0 fully saturated rings. The summed E-state index contributed by atoms with van der Waals surface area (Å²) in [7, 11) is -1.08. The lowest BCUT2D eigenvalue weighted by Crippen LogP contribution is -2.06. The first-order valence-corrected chi connectivity index (χ1v) is 10.2. The summed E-state index contributed by atoms with van der Waals surface area (Å²) in [6.07, 6.45) is 0.767. The van der Waals surface area contributed by atoms with Gasteiger partial charge in [0.2, 0.25) is 0 Å². The smallest absolute Gasteiger partial charge is 0.118 e. The largest absolute Gasteiger partial charge is 0.497 e. The molecule has 0 spiro atoms. The van der Waals surface area contributed by atoms with E-state index in [0.717, 1.165) is 27.5 Å². The molecule has 134 valence electrons. The van der Waals surface area contributed by atoms with Crippen LogP contribution < -0.4 is 4.74 Å². The summed E-state index contributed by atoms with van der Waals surface area (Å²) >= 11 is 0. The molecule has 0 aliphatic carbocycles. The highest BCUT2D eigenvalue weighted by Crippen LogP contribution is 2.31. The molecule has 0 aliphatic heterocycles. The average Bonchev–Trinajstić information content (AvgIpc) is 2.73. The van der Waals surface area contributed by atoms with E-state index in [-0.39, 0.29) is 6.04 Å². The van der Waals surface area contributed by atoms with Crippen molar-refractivity contribution in [2.45, 2.75) is 29.2 Å². The molecule has 0 saturated carbocycles. The van der Waals surface area contributed by atoms with Gasteiger partial charge in [-0.2, -0.15) is 0 Å². The summed E-state index contributed by atoms with van der Waals surface area (Å²) < 4.78 is 24.2. The number of rotatable bonds is 6. The lowest BCUT2D eigenvalue weighted by atomic mass is 10.1. The summed E-state index contributed by atoms with van der Waals surface area (Å²) in [6, 6.07) is 26.7. The quantitative estimate of drug-likeness (QED) is 0.559. The third-order valence-electron chi connectivity index (χ3n) is 4.29. The highest BCUT2D eigenvalue weighted by atomic mass is 32.2. The van der Waals surface area contributed by atoms with E-state index in [1.165, 1.54) is 0 Å². The normalized spacial score (nSPS) is 12.4. The fourth-order valence-electron chi connectivity index (χ4n) is 2.84. The standard InChI is InChI=1S/C22H23NO2S/c1-3-22(18-14-16-19(25-2)17-15-18)23-26(24,20-10-6-4-7-11-20)21-12-8-5-9-13-21/h4-17,22H,3H2,1-2H3. The number of methoxy groups -OCH3 is 1. The lowest BCUT2D eigenvalue weighted by molar-refractivity contribution is 0.414. The molecule has 0 radical (unpaired) electrons. The highest BCUT2D eigenvalue weighted by Gasteiger charge is 2.19. The fraction of sp³-hybridized carbons (Fsp3) is 0.182. The van der Waals surface area contributed by atoms with E-state index in [1.807, 2.05) is 84.9 Å². The Morgan fingerprint density at radius 2 is 1.35 bits per heavy atom. The van der Waals surface area contributed by atoms with Crippen molar-refractivity contribution >= 4 is 9.73 Å². The zero-order valence-corrected chi connectivity index (χ0v) is 15.9. The number of benzene rings is 3. The zero-order valence-electron chi connectivity index (χ0n) is 15.0. The van der Waals surface area contributed by atoms with Crippen LogP contribution in [0.1, 0.15) is 24.9 Å². The number of nitrogens with zero attached hydrogens (tertiary/aromatic N) is 1. The van der Waals surface area contributed by atoms with Crippen molar-refractivity contribution in [1.29, 1.82) is 0 Å². The third-order valence-corrected chi connectivity index (χ3v) is 6.66. The highest BCUT2D eigenvalue weighted by molar-refractivity contribution is 7.93. The van der Waals surface area contributed by atoms with E-state index in [9.17, 15) is 4.21 Å². The molecule has 3 rings (SSSR count). The van der Waals surface area contributed by atoms with Gasteiger partial charge >= 0.3 is 0 Å². The predicted molar refractivity (Wildman–Crippen MR) is 106 cm³/mol. The first kappa shape index (κ1) is 18.2. The molecule has 0 bridgehead atoms. The van der Waals surface area contributed by atoms with Crippen LogP contribution in [0.5, 0.6) is 5.75 Å². The van der Waals surface area contributed by atoms with Crippen molar-refractivity contribution in [3.8, 4) is 5.75 Å². The predicted octanol–water partition coefficient (Wildman–Crippen LogP) is 5.73. The van der Waals surface area contributed by atoms with Crippen LogP contribution in [0, 0.1) is 0 Å². The van der Waals surface area contributed by atoms with Crippen molar-refractivity contribution in [3.05, 3.63) is 90.5 Å². The van der Waals surface area contributed by atoms with Gasteiger partial charge in [0.1, 0.15) is 15.5 Å². The van der Waals surface area contributed by atoms with Crippen molar-refractivity contribution < 1.29 is 8.95 Å². The number of hydrogen-bond donors (Lipinski definition) is 0. The van der Waals surface area contributed by atoms with Crippen molar-refractivity contribution in [2.75, 3.05) is 7.11 Å². The van der Waals surface area contributed by atoms with E-state index in [0.29, 0.717) is 0 Å². The van der Waals surface area contributed by atoms with Gasteiger partial charge in [-0.05, 0) is 48.4 Å². The minimum atomic E-state index is -2.73. The second-order valence-corrected chi connectivity index (χ2v) is 8.16. The van der Waals surface area contributed by atoms with Crippen molar-refractivity contribution in [3.63, 3.8) is 0 Å². The molecule has 0 amide bonds. The first-order valence-electron chi connectivity index (χ1n) is 8.67. The minimum absolute atomic E-state index is 0.159. The van der Waals surface area contributed by atoms with Crippen LogP contribution in [-0.4, -0.2) is 11.3 Å². The maximum absolute atomic E-state index is 14.1. The van der Waals surface area contributed by atoms with E-state index >= 15 is 0 Å². The van der Waals surface area contributed by atoms with Crippen LogP contribution in [-0.2, 0) is 9.73 Å². The monoisotopic (exact) mass is 365 g/mol. The van der Waals surface area contributed by atoms with Crippen LogP contribution >= 0.6 is 0 Å². The molecule has 0 saturated heterocycles. The Labute approximate surface area is 155 Å². The summed E-state index contributed by atoms with van der Waals surface area (Å²) in [5, 5.41) is 0. The fourth-order valence-corrected chi connectivity index (χ4v) is 5.04. The molecule has 1 unspecified atom stereocenters. The minimum Gasteiger partial charge on any atom is -0.497 e. The van der Waals surface area contributed by atoms with E-state index in [1.54, 1.807) is 7.11 Å². The SMILES string of the molecule is CCC(N=S(=O)(c1ccccc1)c1ccccc1)c1ccc(OC)cc1. The molecule has 0 aromatic heterocycles. The van der Waals surface area contributed by atoms with Crippen LogP contribution in [0.4, 0.5) is 0 Å². The third kappa shape index (κ3) is 3.81. The van der Waals surface area contributed by atoms with Gasteiger partial charge in [-0.3, -0.25) is 0 Å². The first-order chi connectivity index (χ1) is 12.7. The Balaban J connectivity index is 2.15. The van der Waals surface area contributed by atoms with E-state index < -0.39 is 9.73 Å². The second-order valence-electron chi connectivity index (χ2n) is 5.95. The Kier molecular flexibility index (Phi) is 5.74.